The summed E-state index contributed by atoms with van der Waals surface area (Å²) in [6, 6.07) is 7.46. The van der Waals surface area contributed by atoms with Crippen molar-refractivity contribution >= 4 is 33.0 Å². The molecule has 3 heterocycles. The van der Waals surface area contributed by atoms with Gasteiger partial charge in [0.1, 0.15) is 10.4 Å². The molecule has 0 spiro atoms. The highest BCUT2D eigenvalue weighted by atomic mass is 35.5. The van der Waals surface area contributed by atoms with E-state index in [0.29, 0.717) is 22.0 Å². The smallest absolute Gasteiger partial charge is 0.303 e. The standard InChI is InChI=1S/C17H16ClN3O2S/c1-17(2)7-10-12(8-23-17)24-15-13(10)14(20-21(19)16(15)22)9-5-3-4-6-11(9)18/h3-6H,7-8,19H2,1-2H3. The van der Waals surface area contributed by atoms with Crippen LogP contribution in [0.1, 0.15) is 24.3 Å². The third-order valence-corrected chi connectivity index (χ3v) is 5.79. The van der Waals surface area contributed by atoms with E-state index in [9.17, 15) is 4.79 Å². The Bertz CT molecular complexity index is 1020. The molecule has 24 heavy (non-hydrogen) atoms. The van der Waals surface area contributed by atoms with E-state index in [2.05, 4.69) is 5.10 Å². The Morgan fingerprint density at radius 1 is 1.38 bits per heavy atom. The molecule has 1 aliphatic rings. The minimum Gasteiger partial charge on any atom is -0.370 e. The lowest BCUT2D eigenvalue weighted by molar-refractivity contribution is -0.0379. The van der Waals surface area contributed by atoms with E-state index in [1.807, 2.05) is 38.1 Å². The Morgan fingerprint density at radius 3 is 2.88 bits per heavy atom. The highest BCUT2D eigenvalue weighted by Gasteiger charge is 2.31. The first kappa shape index (κ1) is 15.6. The van der Waals surface area contributed by atoms with Crippen LogP contribution in [-0.2, 0) is 17.8 Å². The van der Waals surface area contributed by atoms with Crippen LogP contribution in [0.2, 0.25) is 5.02 Å². The molecule has 0 fully saturated rings. The molecule has 0 saturated heterocycles. The Balaban J connectivity index is 2.11. The van der Waals surface area contributed by atoms with Crippen LogP contribution in [-0.4, -0.2) is 15.5 Å². The van der Waals surface area contributed by atoms with E-state index in [1.54, 1.807) is 0 Å². The van der Waals surface area contributed by atoms with Crippen LogP contribution in [0.15, 0.2) is 29.1 Å². The zero-order chi connectivity index (χ0) is 17.1. The number of nitrogen functional groups attached to an aromatic ring is 1. The Morgan fingerprint density at radius 2 is 2.12 bits per heavy atom. The van der Waals surface area contributed by atoms with Gasteiger partial charge in [0.05, 0.1) is 17.2 Å². The van der Waals surface area contributed by atoms with E-state index in [0.717, 1.165) is 32.6 Å². The molecular weight excluding hydrogens is 346 g/mol. The predicted octanol–water partition coefficient (Wildman–Crippen LogP) is 3.34. The van der Waals surface area contributed by atoms with Crippen molar-refractivity contribution < 1.29 is 4.74 Å². The number of hydrogen-bond acceptors (Lipinski definition) is 5. The third-order valence-electron chi connectivity index (χ3n) is 4.26. The van der Waals surface area contributed by atoms with Crippen LogP contribution in [0.3, 0.4) is 0 Å². The molecule has 1 aliphatic heterocycles. The van der Waals surface area contributed by atoms with E-state index < -0.39 is 0 Å². The second-order valence-corrected chi connectivity index (χ2v) is 8.02. The summed E-state index contributed by atoms with van der Waals surface area (Å²) in [5.74, 6) is 5.81. The quantitative estimate of drug-likeness (QED) is 0.675. The van der Waals surface area contributed by atoms with Gasteiger partial charge in [-0.25, -0.2) is 0 Å². The van der Waals surface area contributed by atoms with E-state index >= 15 is 0 Å². The number of thiophene rings is 1. The maximum atomic E-state index is 12.5. The largest absolute Gasteiger partial charge is 0.370 e. The van der Waals surface area contributed by atoms with Gasteiger partial charge in [0.15, 0.2) is 0 Å². The third kappa shape index (κ3) is 2.33. The van der Waals surface area contributed by atoms with Crippen molar-refractivity contribution in [3.05, 3.63) is 50.1 Å². The van der Waals surface area contributed by atoms with Crippen LogP contribution >= 0.6 is 22.9 Å². The molecular formula is C17H16ClN3O2S. The molecule has 1 aromatic carbocycles. The number of ether oxygens (including phenoxy) is 1. The van der Waals surface area contributed by atoms with Crippen molar-refractivity contribution in [2.75, 3.05) is 5.84 Å². The van der Waals surface area contributed by atoms with E-state index in [4.69, 9.17) is 22.2 Å². The van der Waals surface area contributed by atoms with Crippen molar-refractivity contribution in [2.45, 2.75) is 32.5 Å². The number of aromatic nitrogens is 2. The molecule has 7 heteroatoms. The second kappa shape index (κ2) is 5.31. The van der Waals surface area contributed by atoms with Gasteiger partial charge in [-0.3, -0.25) is 4.79 Å². The number of halogens is 1. The van der Waals surface area contributed by atoms with Crippen LogP contribution in [0.5, 0.6) is 0 Å². The number of rotatable bonds is 1. The minimum atomic E-state index is -0.294. The summed E-state index contributed by atoms with van der Waals surface area (Å²) in [4.78, 5) is 14.4. The fourth-order valence-corrected chi connectivity index (χ4v) is 4.49. The van der Waals surface area contributed by atoms with Crippen molar-refractivity contribution in [3.63, 3.8) is 0 Å². The molecule has 2 aromatic heterocycles. The number of nitrogens with zero attached hydrogens (tertiary/aromatic N) is 2. The summed E-state index contributed by atoms with van der Waals surface area (Å²) in [6.45, 7) is 4.59. The number of hydrogen-bond donors (Lipinski definition) is 1. The van der Waals surface area contributed by atoms with Gasteiger partial charge in [0, 0.05) is 22.2 Å². The predicted molar refractivity (Wildman–Crippen MR) is 97.0 cm³/mol. The van der Waals surface area contributed by atoms with E-state index in [1.165, 1.54) is 11.3 Å². The van der Waals surface area contributed by atoms with Gasteiger partial charge in [0.25, 0.3) is 0 Å². The molecule has 0 unspecified atom stereocenters. The van der Waals surface area contributed by atoms with Crippen molar-refractivity contribution in [2.24, 2.45) is 0 Å². The number of benzene rings is 1. The molecule has 4 rings (SSSR count). The zero-order valence-corrected chi connectivity index (χ0v) is 14.9. The summed E-state index contributed by atoms with van der Waals surface area (Å²) in [7, 11) is 0. The minimum absolute atomic E-state index is 0.281. The van der Waals surface area contributed by atoms with Gasteiger partial charge in [-0.1, -0.05) is 29.8 Å². The molecule has 5 nitrogen and oxygen atoms in total. The first-order valence-electron chi connectivity index (χ1n) is 7.59. The molecule has 3 aromatic rings. The zero-order valence-electron chi connectivity index (χ0n) is 13.3. The lowest BCUT2D eigenvalue weighted by Gasteiger charge is -2.30. The Labute approximate surface area is 147 Å². The normalized spacial score (nSPS) is 16.3. The average molecular weight is 362 g/mol. The SMILES string of the molecule is CC1(C)Cc2c(sc3c(=O)n(N)nc(-c4ccccc4Cl)c23)CO1. The van der Waals surface area contributed by atoms with Gasteiger partial charge in [-0.05, 0) is 25.5 Å². The highest BCUT2D eigenvalue weighted by molar-refractivity contribution is 7.19. The summed E-state index contributed by atoms with van der Waals surface area (Å²) in [6.07, 6.45) is 0.718. The fourth-order valence-electron chi connectivity index (χ4n) is 3.10. The van der Waals surface area contributed by atoms with Crippen LogP contribution < -0.4 is 11.4 Å². The van der Waals surface area contributed by atoms with Gasteiger partial charge in [0.2, 0.25) is 0 Å². The second-order valence-electron chi connectivity index (χ2n) is 6.51. The summed E-state index contributed by atoms with van der Waals surface area (Å²) in [5, 5.41) is 5.76. The van der Waals surface area contributed by atoms with E-state index in [-0.39, 0.29) is 11.2 Å². The molecule has 0 saturated carbocycles. The molecule has 0 bridgehead atoms. The first-order valence-corrected chi connectivity index (χ1v) is 8.78. The summed E-state index contributed by atoms with van der Waals surface area (Å²) < 4.78 is 6.49. The Kier molecular flexibility index (Phi) is 3.46. The average Bonchev–Trinajstić information content (AvgIpc) is 2.89. The molecule has 0 atom stereocenters. The van der Waals surface area contributed by atoms with Crippen molar-refractivity contribution in [1.82, 2.24) is 9.89 Å². The molecule has 2 N–H and O–H groups in total. The lowest BCUT2D eigenvalue weighted by atomic mass is 9.92. The molecule has 0 aliphatic carbocycles. The Hall–Kier alpha value is -1.89. The summed E-state index contributed by atoms with van der Waals surface area (Å²) >= 11 is 7.80. The summed E-state index contributed by atoms with van der Waals surface area (Å²) in [5.41, 5.74) is 1.96. The van der Waals surface area contributed by atoms with Gasteiger partial charge >= 0.3 is 5.56 Å². The molecule has 0 amide bonds. The van der Waals surface area contributed by atoms with Crippen LogP contribution in [0, 0.1) is 0 Å². The maximum Gasteiger partial charge on any atom is 0.303 e. The van der Waals surface area contributed by atoms with Gasteiger partial charge < -0.3 is 10.6 Å². The molecule has 124 valence electrons. The number of nitrogens with two attached hydrogens (primary N) is 1. The van der Waals surface area contributed by atoms with Gasteiger partial charge in [-0.15, -0.1) is 21.2 Å². The van der Waals surface area contributed by atoms with Gasteiger partial charge in [-0.2, -0.15) is 0 Å². The number of fused-ring (bicyclic) bond motifs is 3. The van der Waals surface area contributed by atoms with Crippen LogP contribution in [0.25, 0.3) is 21.3 Å². The molecule has 0 radical (unpaired) electrons. The van der Waals surface area contributed by atoms with Crippen LogP contribution in [0.4, 0.5) is 0 Å². The first-order chi connectivity index (χ1) is 11.4. The monoisotopic (exact) mass is 361 g/mol. The van der Waals surface area contributed by atoms with Crippen molar-refractivity contribution in [1.29, 1.82) is 0 Å². The van der Waals surface area contributed by atoms with Crippen molar-refractivity contribution in [3.8, 4) is 11.3 Å². The lowest BCUT2D eigenvalue weighted by Crippen LogP contribution is -2.31. The highest BCUT2D eigenvalue weighted by Crippen LogP contribution is 2.42. The maximum absolute atomic E-state index is 12.5. The fraction of sp³-hybridized carbons (Fsp3) is 0.294. The topological polar surface area (TPSA) is 70.1 Å².